The van der Waals surface area contributed by atoms with Gasteiger partial charge in [0, 0.05) is 30.6 Å². The smallest absolute Gasteiger partial charge is 0.240 e. The van der Waals surface area contributed by atoms with Crippen LogP contribution in [0, 0.1) is 0 Å². The Morgan fingerprint density at radius 3 is 2.52 bits per heavy atom. The highest BCUT2D eigenvalue weighted by atomic mass is 32.2. The Morgan fingerprint density at radius 1 is 1.03 bits per heavy atom. The minimum atomic E-state index is -3.71. The molecule has 0 bridgehead atoms. The van der Waals surface area contributed by atoms with Gasteiger partial charge in [-0.25, -0.2) is 13.1 Å². The van der Waals surface area contributed by atoms with Crippen molar-refractivity contribution >= 4 is 21.4 Å². The summed E-state index contributed by atoms with van der Waals surface area (Å²) in [5.74, 6) is 0.873. The van der Waals surface area contributed by atoms with Gasteiger partial charge < -0.3 is 9.47 Å². The first-order chi connectivity index (χ1) is 15.0. The predicted molar refractivity (Wildman–Crippen MR) is 122 cm³/mol. The Morgan fingerprint density at radius 2 is 1.81 bits per heavy atom. The van der Waals surface area contributed by atoms with Crippen LogP contribution in [0.4, 0.5) is 0 Å². The van der Waals surface area contributed by atoms with Crippen LogP contribution in [0.15, 0.2) is 64.9 Å². The minimum absolute atomic E-state index is 0.0386. The lowest BCUT2D eigenvalue weighted by Crippen LogP contribution is -2.40. The van der Waals surface area contributed by atoms with Gasteiger partial charge in [0.15, 0.2) is 11.5 Å². The van der Waals surface area contributed by atoms with E-state index in [0.717, 1.165) is 24.4 Å². The Labute approximate surface area is 187 Å². The molecule has 3 aromatic rings. The first-order valence-corrected chi connectivity index (χ1v) is 12.4. The fourth-order valence-electron chi connectivity index (χ4n) is 3.93. The number of benzene rings is 2. The van der Waals surface area contributed by atoms with E-state index in [2.05, 4.69) is 40.0 Å². The Balaban J connectivity index is 1.55. The van der Waals surface area contributed by atoms with Crippen LogP contribution in [-0.2, 0) is 23.0 Å². The maximum Gasteiger partial charge on any atom is 0.240 e. The van der Waals surface area contributed by atoms with E-state index in [1.807, 2.05) is 11.4 Å². The monoisotopic (exact) mass is 458 g/mol. The van der Waals surface area contributed by atoms with Gasteiger partial charge in [0.25, 0.3) is 0 Å². The van der Waals surface area contributed by atoms with Gasteiger partial charge in [-0.2, -0.15) is 0 Å². The largest absolute Gasteiger partial charge is 0.493 e. The van der Waals surface area contributed by atoms with Crippen LogP contribution in [0.2, 0.25) is 0 Å². The fraction of sp³-hybridized carbons (Fsp3) is 0.304. The number of ether oxygens (including phenoxy) is 2. The van der Waals surface area contributed by atoms with Crippen LogP contribution in [0.5, 0.6) is 11.5 Å². The van der Waals surface area contributed by atoms with E-state index >= 15 is 0 Å². The molecule has 0 fully saturated rings. The third-order valence-electron chi connectivity index (χ3n) is 5.60. The molecule has 0 saturated carbocycles. The molecule has 2 aromatic carbocycles. The number of thiophene rings is 1. The number of nitrogens with zero attached hydrogens (tertiary/aromatic N) is 1. The Kier molecular flexibility index (Phi) is 6.62. The van der Waals surface area contributed by atoms with Crippen LogP contribution in [0.3, 0.4) is 0 Å². The zero-order valence-corrected chi connectivity index (χ0v) is 19.2. The molecule has 0 amide bonds. The molecule has 0 unspecified atom stereocenters. The number of sulfonamides is 1. The summed E-state index contributed by atoms with van der Waals surface area (Å²) >= 11 is 1.65. The molecule has 0 saturated heterocycles. The number of nitrogens with one attached hydrogen (secondary N) is 1. The van der Waals surface area contributed by atoms with Crippen molar-refractivity contribution in [1.29, 1.82) is 0 Å². The summed E-state index contributed by atoms with van der Waals surface area (Å²) in [7, 11) is -0.701. The second kappa shape index (κ2) is 9.40. The lowest BCUT2D eigenvalue weighted by atomic mass is 9.98. The molecular weight excluding hydrogens is 432 g/mol. The van der Waals surface area contributed by atoms with Crippen LogP contribution >= 0.6 is 11.3 Å². The van der Waals surface area contributed by atoms with Gasteiger partial charge in [-0.05, 0) is 41.1 Å². The highest BCUT2D eigenvalue weighted by molar-refractivity contribution is 7.89. The Hall–Kier alpha value is -2.39. The summed E-state index contributed by atoms with van der Waals surface area (Å²) in [6.07, 6.45) is 0.959. The van der Waals surface area contributed by atoms with Gasteiger partial charge in [-0.3, -0.25) is 4.90 Å². The van der Waals surface area contributed by atoms with Crippen molar-refractivity contribution in [2.24, 2.45) is 0 Å². The van der Waals surface area contributed by atoms with Crippen molar-refractivity contribution in [3.63, 3.8) is 0 Å². The van der Waals surface area contributed by atoms with Crippen molar-refractivity contribution in [2.45, 2.75) is 23.9 Å². The first kappa shape index (κ1) is 21.8. The molecule has 2 heterocycles. The van der Waals surface area contributed by atoms with Gasteiger partial charge in [0.2, 0.25) is 10.0 Å². The third-order valence-corrected chi connectivity index (χ3v) is 8.00. The first-order valence-electron chi connectivity index (χ1n) is 10.1. The third kappa shape index (κ3) is 4.77. The van der Waals surface area contributed by atoms with Gasteiger partial charge >= 0.3 is 0 Å². The van der Waals surface area contributed by atoms with Crippen molar-refractivity contribution in [1.82, 2.24) is 9.62 Å². The van der Waals surface area contributed by atoms with Crippen LogP contribution in [0.1, 0.15) is 22.0 Å². The van der Waals surface area contributed by atoms with Gasteiger partial charge in [0.05, 0.1) is 25.2 Å². The van der Waals surface area contributed by atoms with Crippen LogP contribution in [-0.4, -0.2) is 40.6 Å². The zero-order valence-electron chi connectivity index (χ0n) is 17.6. The molecule has 1 atom stereocenters. The minimum Gasteiger partial charge on any atom is -0.493 e. The molecular formula is C23H26N2O4S2. The molecule has 6 nitrogen and oxygen atoms in total. The lowest BCUT2D eigenvalue weighted by Gasteiger charge is -2.35. The van der Waals surface area contributed by atoms with E-state index in [1.165, 1.54) is 37.5 Å². The Bertz CT molecular complexity index is 1130. The topological polar surface area (TPSA) is 67.9 Å². The molecule has 1 aromatic heterocycles. The highest BCUT2D eigenvalue weighted by Gasteiger charge is 2.27. The molecule has 0 spiro atoms. The summed E-state index contributed by atoms with van der Waals surface area (Å²) in [6.45, 7) is 1.98. The molecule has 1 aliphatic rings. The normalized spacial score (nSPS) is 15.3. The van der Waals surface area contributed by atoms with Crippen molar-refractivity contribution in [2.75, 3.05) is 27.3 Å². The van der Waals surface area contributed by atoms with E-state index in [-0.39, 0.29) is 10.9 Å². The van der Waals surface area contributed by atoms with Gasteiger partial charge in [0.1, 0.15) is 0 Å². The van der Waals surface area contributed by atoms with Gasteiger partial charge in [-0.1, -0.05) is 30.3 Å². The van der Waals surface area contributed by atoms with E-state index in [4.69, 9.17) is 9.47 Å². The standard InChI is InChI=1S/C23H26N2O4S2/c1-28-21-10-9-19(14-22(21)29-2)31(26,27)24-15-20(23-8-5-13-30-23)25-12-11-17-6-3-4-7-18(17)16-25/h3-10,13-14,20,24H,11-12,15-16H2,1-2H3/t20-/m0/s1. The summed E-state index contributed by atoms with van der Waals surface area (Å²) in [4.78, 5) is 3.65. The van der Waals surface area contributed by atoms with E-state index < -0.39 is 10.0 Å². The van der Waals surface area contributed by atoms with Crippen molar-refractivity contribution in [3.05, 3.63) is 76.0 Å². The molecule has 31 heavy (non-hydrogen) atoms. The second-order valence-corrected chi connectivity index (χ2v) is 10.1. The SMILES string of the molecule is COc1ccc(S(=O)(=O)NC[C@@H](c2cccs2)N2CCc3ccccc3C2)cc1OC. The molecule has 1 N–H and O–H groups in total. The average Bonchev–Trinajstić information content (AvgIpc) is 3.33. The molecule has 0 aliphatic carbocycles. The van der Waals surface area contributed by atoms with Crippen LogP contribution in [0.25, 0.3) is 0 Å². The van der Waals surface area contributed by atoms with E-state index in [0.29, 0.717) is 18.0 Å². The maximum absolute atomic E-state index is 13.0. The molecule has 4 rings (SSSR count). The molecule has 8 heteroatoms. The van der Waals surface area contributed by atoms with Crippen LogP contribution < -0.4 is 14.2 Å². The fourth-order valence-corrected chi connectivity index (χ4v) is 5.84. The van der Waals surface area contributed by atoms with E-state index in [1.54, 1.807) is 17.4 Å². The summed E-state index contributed by atoms with van der Waals surface area (Å²) in [5.41, 5.74) is 2.67. The predicted octanol–water partition coefficient (Wildman–Crippen LogP) is 3.84. The summed E-state index contributed by atoms with van der Waals surface area (Å²) in [6, 6.07) is 17.1. The second-order valence-electron chi connectivity index (χ2n) is 7.39. The highest BCUT2D eigenvalue weighted by Crippen LogP contribution is 2.32. The number of hydrogen-bond acceptors (Lipinski definition) is 6. The number of methoxy groups -OCH3 is 2. The number of rotatable bonds is 8. The van der Waals surface area contributed by atoms with Crippen molar-refractivity contribution in [3.8, 4) is 11.5 Å². The van der Waals surface area contributed by atoms with Gasteiger partial charge in [-0.15, -0.1) is 11.3 Å². The summed E-state index contributed by atoms with van der Waals surface area (Å²) in [5, 5.41) is 2.03. The molecule has 0 radical (unpaired) electrons. The quantitative estimate of drug-likeness (QED) is 0.556. The summed E-state index contributed by atoms with van der Waals surface area (Å²) < 4.78 is 39.4. The average molecular weight is 459 g/mol. The zero-order chi connectivity index (χ0) is 21.8. The maximum atomic E-state index is 13.0. The molecule has 164 valence electrons. The number of fused-ring (bicyclic) bond motifs is 1. The lowest BCUT2D eigenvalue weighted by molar-refractivity contribution is 0.183. The van der Waals surface area contributed by atoms with E-state index in [9.17, 15) is 8.42 Å². The molecule has 1 aliphatic heterocycles. The van der Waals surface area contributed by atoms with Crippen molar-refractivity contribution < 1.29 is 17.9 Å². The number of hydrogen-bond donors (Lipinski definition) is 1.